The van der Waals surface area contributed by atoms with E-state index in [0.29, 0.717) is 23.5 Å². The number of fused-ring (bicyclic) bond motifs is 1. The Kier molecular flexibility index (Phi) is 4.65. The molecule has 2 aromatic rings. The van der Waals surface area contributed by atoms with Crippen LogP contribution in [0.4, 0.5) is 5.82 Å². The van der Waals surface area contributed by atoms with Crippen molar-refractivity contribution in [2.24, 2.45) is 0 Å². The molecule has 3 N–H and O–H groups in total. The number of aliphatic hydroxyl groups is 2. The number of hydrogen-bond donors (Lipinski definition) is 3. The van der Waals surface area contributed by atoms with Crippen molar-refractivity contribution in [3.63, 3.8) is 0 Å². The zero-order chi connectivity index (χ0) is 14.5. The molecular formula is C13H19N5O2. The molecule has 7 heteroatoms. The van der Waals surface area contributed by atoms with Gasteiger partial charge in [0.05, 0.1) is 25.6 Å². The van der Waals surface area contributed by atoms with Crippen LogP contribution in [0.1, 0.15) is 13.8 Å². The summed E-state index contributed by atoms with van der Waals surface area (Å²) in [7, 11) is 0. The third-order valence-electron chi connectivity index (χ3n) is 2.80. The average molecular weight is 277 g/mol. The van der Waals surface area contributed by atoms with Crippen molar-refractivity contribution in [1.29, 1.82) is 0 Å². The number of rotatable bonds is 6. The van der Waals surface area contributed by atoms with Crippen LogP contribution in [0.3, 0.4) is 0 Å². The van der Waals surface area contributed by atoms with Gasteiger partial charge in [0.15, 0.2) is 11.5 Å². The van der Waals surface area contributed by atoms with Crippen LogP contribution in [0.25, 0.3) is 11.2 Å². The third-order valence-corrected chi connectivity index (χ3v) is 2.80. The van der Waals surface area contributed by atoms with Crippen molar-refractivity contribution < 1.29 is 10.2 Å². The Hall–Kier alpha value is -1.99. The first-order valence-electron chi connectivity index (χ1n) is 6.43. The molecule has 0 aliphatic rings. The molecule has 0 aromatic carbocycles. The van der Waals surface area contributed by atoms with Crippen LogP contribution in [-0.2, 0) is 6.54 Å². The Morgan fingerprint density at radius 1 is 1.40 bits per heavy atom. The highest BCUT2D eigenvalue weighted by molar-refractivity contribution is 5.82. The van der Waals surface area contributed by atoms with Crippen LogP contribution in [0.2, 0.25) is 0 Å². The van der Waals surface area contributed by atoms with Crippen molar-refractivity contribution in [3.8, 4) is 0 Å². The summed E-state index contributed by atoms with van der Waals surface area (Å²) in [5.41, 5.74) is 2.51. The lowest BCUT2D eigenvalue weighted by atomic mass is 10.3. The number of hydrogen-bond acceptors (Lipinski definition) is 6. The maximum absolute atomic E-state index is 9.50. The summed E-state index contributed by atoms with van der Waals surface area (Å²) in [4.78, 5) is 12.6. The van der Waals surface area contributed by atoms with E-state index in [2.05, 4.69) is 26.3 Å². The Morgan fingerprint density at radius 3 is 2.90 bits per heavy atom. The van der Waals surface area contributed by atoms with Gasteiger partial charge in [0.2, 0.25) is 0 Å². The van der Waals surface area contributed by atoms with Crippen molar-refractivity contribution >= 4 is 17.0 Å². The fourth-order valence-corrected chi connectivity index (χ4v) is 1.78. The topological polar surface area (TPSA) is 96.1 Å². The molecule has 108 valence electrons. The lowest BCUT2D eigenvalue weighted by Crippen LogP contribution is -2.19. The van der Waals surface area contributed by atoms with Crippen molar-refractivity contribution in [1.82, 2.24) is 19.5 Å². The van der Waals surface area contributed by atoms with Crippen molar-refractivity contribution in [3.05, 3.63) is 24.3 Å². The summed E-state index contributed by atoms with van der Waals surface area (Å²) in [6, 6.07) is 0. The molecule has 0 radical (unpaired) electrons. The minimum Gasteiger partial charge on any atom is -0.394 e. The zero-order valence-corrected chi connectivity index (χ0v) is 11.6. The largest absolute Gasteiger partial charge is 0.394 e. The van der Waals surface area contributed by atoms with Gasteiger partial charge in [-0.1, -0.05) is 11.6 Å². The van der Waals surface area contributed by atoms with Crippen LogP contribution in [0, 0.1) is 0 Å². The summed E-state index contributed by atoms with van der Waals surface area (Å²) < 4.78 is 1.70. The van der Waals surface area contributed by atoms with E-state index in [4.69, 9.17) is 5.11 Å². The Labute approximate surface area is 117 Å². The standard InChI is InChI=1S/C13H19N5O2/c1-9(2)3-4-14-12-11-13(16-7-15-12)18(8-17-11)5-10(20)6-19/h3,7-8,10,19-20H,4-6H2,1-2H3,(H,14,15,16)/t10-/m0/s1. The highest BCUT2D eigenvalue weighted by Crippen LogP contribution is 2.17. The molecular weight excluding hydrogens is 258 g/mol. The van der Waals surface area contributed by atoms with Gasteiger partial charge < -0.3 is 20.1 Å². The lowest BCUT2D eigenvalue weighted by molar-refractivity contribution is 0.0820. The van der Waals surface area contributed by atoms with E-state index in [1.54, 1.807) is 10.9 Å². The number of anilines is 1. The summed E-state index contributed by atoms with van der Waals surface area (Å²) in [6.07, 6.45) is 4.27. The third kappa shape index (κ3) is 3.31. The molecule has 7 nitrogen and oxygen atoms in total. The first kappa shape index (κ1) is 14.4. The second-order valence-electron chi connectivity index (χ2n) is 4.79. The molecule has 0 saturated carbocycles. The van der Waals surface area contributed by atoms with Crippen molar-refractivity contribution in [2.45, 2.75) is 26.5 Å². The van der Waals surface area contributed by atoms with Gasteiger partial charge in [0.1, 0.15) is 11.8 Å². The fourth-order valence-electron chi connectivity index (χ4n) is 1.78. The first-order valence-corrected chi connectivity index (χ1v) is 6.43. The molecule has 2 rings (SSSR count). The minimum atomic E-state index is -0.829. The molecule has 0 fully saturated rings. The number of nitrogens with zero attached hydrogens (tertiary/aromatic N) is 4. The SMILES string of the molecule is CC(C)=CCNc1ncnc2c1ncn2C[C@H](O)CO. The van der Waals surface area contributed by atoms with Crippen LogP contribution >= 0.6 is 0 Å². The molecule has 0 spiro atoms. The predicted octanol–water partition coefficient (Wildman–Crippen LogP) is 0.558. The second-order valence-corrected chi connectivity index (χ2v) is 4.79. The van der Waals surface area contributed by atoms with E-state index in [-0.39, 0.29) is 13.2 Å². The average Bonchev–Trinajstić information content (AvgIpc) is 2.82. The predicted molar refractivity (Wildman–Crippen MR) is 76.3 cm³/mol. The maximum Gasteiger partial charge on any atom is 0.165 e. The fraction of sp³-hybridized carbons (Fsp3) is 0.462. The van der Waals surface area contributed by atoms with E-state index in [1.807, 2.05) is 13.8 Å². The first-order chi connectivity index (χ1) is 9.61. The monoisotopic (exact) mass is 277 g/mol. The molecule has 1 atom stereocenters. The minimum absolute atomic E-state index is 0.247. The van der Waals surface area contributed by atoms with Gasteiger partial charge in [0, 0.05) is 6.54 Å². The summed E-state index contributed by atoms with van der Waals surface area (Å²) in [5, 5.41) is 21.6. The number of aliphatic hydroxyl groups excluding tert-OH is 2. The number of imidazole rings is 1. The highest BCUT2D eigenvalue weighted by Gasteiger charge is 2.11. The Morgan fingerprint density at radius 2 is 2.20 bits per heavy atom. The van der Waals surface area contributed by atoms with Crippen LogP contribution in [-0.4, -0.2) is 49.0 Å². The molecule has 0 unspecified atom stereocenters. The molecule has 0 aliphatic heterocycles. The van der Waals surface area contributed by atoms with Crippen molar-refractivity contribution in [2.75, 3.05) is 18.5 Å². The van der Waals surface area contributed by atoms with Gasteiger partial charge in [-0.25, -0.2) is 15.0 Å². The van der Waals surface area contributed by atoms with Gasteiger partial charge in [-0.05, 0) is 13.8 Å². The normalized spacial score (nSPS) is 12.4. The Bertz CT molecular complexity index is 604. The highest BCUT2D eigenvalue weighted by atomic mass is 16.3. The molecule has 0 amide bonds. The molecule has 20 heavy (non-hydrogen) atoms. The van der Waals surface area contributed by atoms with Gasteiger partial charge in [0.25, 0.3) is 0 Å². The summed E-state index contributed by atoms with van der Waals surface area (Å²) >= 11 is 0. The molecule has 2 aromatic heterocycles. The van der Waals surface area contributed by atoms with Gasteiger partial charge in [-0.3, -0.25) is 0 Å². The lowest BCUT2D eigenvalue weighted by Gasteiger charge is -2.08. The number of allylic oxidation sites excluding steroid dienone is 1. The van der Waals surface area contributed by atoms with Crippen LogP contribution in [0.15, 0.2) is 24.3 Å². The number of aromatic nitrogens is 4. The molecule has 2 heterocycles. The zero-order valence-electron chi connectivity index (χ0n) is 11.6. The van der Waals surface area contributed by atoms with E-state index in [1.165, 1.54) is 11.9 Å². The molecule has 0 aliphatic carbocycles. The van der Waals surface area contributed by atoms with E-state index < -0.39 is 6.10 Å². The maximum atomic E-state index is 9.50. The smallest absolute Gasteiger partial charge is 0.165 e. The Balaban J connectivity index is 2.23. The second kappa shape index (κ2) is 6.44. The number of nitrogens with one attached hydrogen (secondary N) is 1. The summed E-state index contributed by atoms with van der Waals surface area (Å²) in [5.74, 6) is 0.657. The quantitative estimate of drug-likeness (QED) is 0.668. The van der Waals surface area contributed by atoms with Gasteiger partial charge in [-0.15, -0.1) is 0 Å². The molecule has 0 bridgehead atoms. The van der Waals surface area contributed by atoms with E-state index in [0.717, 1.165) is 0 Å². The van der Waals surface area contributed by atoms with Gasteiger partial charge >= 0.3 is 0 Å². The molecule has 0 saturated heterocycles. The summed E-state index contributed by atoms with van der Waals surface area (Å²) in [6.45, 7) is 4.68. The van der Waals surface area contributed by atoms with Gasteiger partial charge in [-0.2, -0.15) is 0 Å². The van der Waals surface area contributed by atoms with E-state index in [9.17, 15) is 5.11 Å². The van der Waals surface area contributed by atoms with E-state index >= 15 is 0 Å². The van der Waals surface area contributed by atoms with Crippen LogP contribution < -0.4 is 5.32 Å². The van der Waals surface area contributed by atoms with Crippen LogP contribution in [0.5, 0.6) is 0 Å².